The minimum Gasteiger partial charge on any atom is -1.00 e. The maximum absolute atomic E-state index is 5.49. The van der Waals surface area contributed by atoms with Crippen molar-refractivity contribution in [1.82, 2.24) is 0 Å². The van der Waals surface area contributed by atoms with Gasteiger partial charge in [0.25, 0.3) is 0 Å². The molecule has 2 unspecified atom stereocenters. The molecule has 1 nitrogen and oxygen atoms in total. The van der Waals surface area contributed by atoms with E-state index in [-0.39, 0.29) is 24.0 Å². The number of nitrogens with zero attached hydrogens (tertiary/aromatic N) is 1. The fourth-order valence-corrected chi connectivity index (χ4v) is 4.37. The second-order valence-corrected chi connectivity index (χ2v) is 12.8. The van der Waals surface area contributed by atoms with E-state index in [9.17, 15) is 0 Å². The number of unbranched alkanes of at least 4 members (excludes halogenated alkanes) is 1. The van der Waals surface area contributed by atoms with Gasteiger partial charge in [-0.1, -0.05) is 32.1 Å². The number of hydrogen-bond acceptors (Lipinski definition) is 0. The summed E-state index contributed by atoms with van der Waals surface area (Å²) in [5.74, 6) is 2.87. The van der Waals surface area contributed by atoms with E-state index >= 15 is 0 Å². The SMILES string of the molecule is C#CCC1CCC[N+]1(C)CCCC[Si](C)(C)C.[I-]. The topological polar surface area (TPSA) is 0 Å². The van der Waals surface area contributed by atoms with Crippen LogP contribution in [0.1, 0.15) is 32.1 Å². The molecule has 0 N–H and O–H groups in total. The van der Waals surface area contributed by atoms with Gasteiger partial charge in [-0.3, -0.25) is 0 Å². The number of quaternary nitrogens is 1. The molecule has 0 radical (unpaired) electrons. The molecule has 1 saturated heterocycles. The van der Waals surface area contributed by atoms with Gasteiger partial charge in [0.2, 0.25) is 0 Å². The van der Waals surface area contributed by atoms with Crippen molar-refractivity contribution in [3.63, 3.8) is 0 Å². The Kier molecular flexibility index (Phi) is 8.12. The van der Waals surface area contributed by atoms with Gasteiger partial charge < -0.3 is 28.5 Å². The van der Waals surface area contributed by atoms with Gasteiger partial charge in [-0.15, -0.1) is 12.3 Å². The predicted octanol–water partition coefficient (Wildman–Crippen LogP) is 0.741. The number of rotatable bonds is 6. The van der Waals surface area contributed by atoms with E-state index < -0.39 is 8.07 Å². The maximum atomic E-state index is 5.49. The van der Waals surface area contributed by atoms with Gasteiger partial charge in [-0.25, -0.2) is 0 Å². The first-order valence-electron chi connectivity index (χ1n) is 7.15. The van der Waals surface area contributed by atoms with Crippen LogP contribution in [0.25, 0.3) is 0 Å². The van der Waals surface area contributed by atoms with Gasteiger partial charge >= 0.3 is 0 Å². The Bertz CT molecular complexity index is 279. The highest BCUT2D eigenvalue weighted by atomic mass is 127. The molecule has 18 heavy (non-hydrogen) atoms. The molecule has 1 fully saturated rings. The van der Waals surface area contributed by atoms with E-state index in [1.54, 1.807) is 0 Å². The first kappa shape index (κ1) is 18.5. The highest BCUT2D eigenvalue weighted by Gasteiger charge is 2.36. The van der Waals surface area contributed by atoms with Crippen LogP contribution in [-0.2, 0) is 0 Å². The Morgan fingerprint density at radius 2 is 1.94 bits per heavy atom. The van der Waals surface area contributed by atoms with Crippen molar-refractivity contribution in [2.24, 2.45) is 0 Å². The zero-order valence-corrected chi connectivity index (χ0v) is 15.8. The summed E-state index contributed by atoms with van der Waals surface area (Å²) in [5, 5.41) is 0. The molecule has 0 aromatic carbocycles. The molecule has 0 amide bonds. The van der Waals surface area contributed by atoms with Crippen LogP contribution in [0, 0.1) is 12.3 Å². The minimum absolute atomic E-state index is 0. The van der Waals surface area contributed by atoms with Gasteiger partial charge in [-0.2, -0.15) is 0 Å². The van der Waals surface area contributed by atoms with E-state index in [0.29, 0.717) is 0 Å². The molecule has 0 bridgehead atoms. The number of terminal acetylenes is 1. The van der Waals surface area contributed by atoms with Crippen molar-refractivity contribution in [2.75, 3.05) is 20.1 Å². The lowest BCUT2D eigenvalue weighted by atomic mass is 10.1. The van der Waals surface area contributed by atoms with E-state index in [2.05, 4.69) is 32.6 Å². The molecule has 1 heterocycles. The largest absolute Gasteiger partial charge is 1.00 e. The van der Waals surface area contributed by atoms with Gasteiger partial charge in [0.05, 0.1) is 26.6 Å². The van der Waals surface area contributed by atoms with E-state index in [4.69, 9.17) is 6.42 Å². The van der Waals surface area contributed by atoms with Gasteiger partial charge in [0.1, 0.15) is 6.04 Å². The fraction of sp³-hybridized carbons (Fsp3) is 0.867. The molecule has 0 aromatic rings. The Morgan fingerprint density at radius 3 is 2.50 bits per heavy atom. The normalized spacial score (nSPS) is 27.6. The molecule has 0 aromatic heterocycles. The molecule has 0 saturated carbocycles. The molecule has 0 spiro atoms. The molecule has 106 valence electrons. The molecule has 1 rings (SSSR count). The van der Waals surface area contributed by atoms with Gasteiger partial charge in [0.15, 0.2) is 0 Å². The number of hydrogen-bond donors (Lipinski definition) is 0. The van der Waals surface area contributed by atoms with Crippen molar-refractivity contribution < 1.29 is 28.5 Å². The first-order valence-corrected chi connectivity index (χ1v) is 10.9. The summed E-state index contributed by atoms with van der Waals surface area (Å²) < 4.78 is 1.25. The average molecular weight is 379 g/mol. The van der Waals surface area contributed by atoms with Crippen LogP contribution >= 0.6 is 0 Å². The van der Waals surface area contributed by atoms with Crippen molar-refractivity contribution in [3.05, 3.63) is 0 Å². The Morgan fingerprint density at radius 1 is 1.28 bits per heavy atom. The van der Waals surface area contributed by atoms with Crippen LogP contribution in [0.4, 0.5) is 0 Å². The lowest BCUT2D eigenvalue weighted by Crippen LogP contribution is -3.00. The quantitative estimate of drug-likeness (QED) is 0.210. The van der Waals surface area contributed by atoms with E-state index in [1.807, 2.05) is 0 Å². The van der Waals surface area contributed by atoms with Crippen LogP contribution < -0.4 is 24.0 Å². The van der Waals surface area contributed by atoms with Crippen molar-refractivity contribution in [2.45, 2.75) is 63.8 Å². The first-order chi connectivity index (χ1) is 7.87. The average Bonchev–Trinajstić information content (AvgIpc) is 2.56. The van der Waals surface area contributed by atoms with Crippen LogP contribution in [0.5, 0.6) is 0 Å². The third-order valence-corrected chi connectivity index (χ3v) is 6.14. The molecule has 1 aliphatic heterocycles. The summed E-state index contributed by atoms with van der Waals surface area (Å²) in [5.41, 5.74) is 0. The monoisotopic (exact) mass is 379 g/mol. The third-order valence-electron chi connectivity index (χ3n) is 4.29. The summed E-state index contributed by atoms with van der Waals surface area (Å²) in [6.07, 6.45) is 12.0. The lowest BCUT2D eigenvalue weighted by molar-refractivity contribution is -0.920. The Hall–Kier alpha value is 0.467. The third kappa shape index (κ3) is 6.07. The second-order valence-electron chi connectivity index (χ2n) is 7.15. The lowest BCUT2D eigenvalue weighted by Gasteiger charge is -2.36. The summed E-state index contributed by atoms with van der Waals surface area (Å²) in [6.45, 7) is 10.1. The zero-order valence-electron chi connectivity index (χ0n) is 12.6. The molecule has 1 aliphatic rings. The standard InChI is InChI=1S/C15H30NSi.HI/c1-6-10-15-11-9-13-16(15,2)12-7-8-14-17(3,4)5;/h1,15H,7-14H2,2-5H3;1H/q+1;/p-1. The van der Waals surface area contributed by atoms with E-state index in [0.717, 1.165) is 12.5 Å². The number of halogens is 1. The molecular formula is C15H30INSi. The summed E-state index contributed by atoms with van der Waals surface area (Å²) in [4.78, 5) is 0. The number of likely N-dealkylation sites (tertiary alicyclic amines) is 1. The highest BCUT2D eigenvalue weighted by Crippen LogP contribution is 2.28. The van der Waals surface area contributed by atoms with Crippen LogP contribution in [-0.4, -0.2) is 38.7 Å². The van der Waals surface area contributed by atoms with Gasteiger partial charge in [-0.05, 0) is 6.42 Å². The smallest absolute Gasteiger partial charge is 0.100 e. The van der Waals surface area contributed by atoms with Crippen LogP contribution in [0.15, 0.2) is 0 Å². The molecular weight excluding hydrogens is 349 g/mol. The van der Waals surface area contributed by atoms with Crippen molar-refractivity contribution >= 4 is 8.07 Å². The van der Waals surface area contributed by atoms with Crippen molar-refractivity contribution in [1.29, 1.82) is 0 Å². The second kappa shape index (κ2) is 7.91. The maximum Gasteiger partial charge on any atom is 0.100 e. The fourth-order valence-electron chi connectivity index (χ4n) is 3.06. The predicted molar refractivity (Wildman–Crippen MR) is 79.8 cm³/mol. The molecule has 3 heteroatoms. The van der Waals surface area contributed by atoms with E-state index in [1.165, 1.54) is 49.3 Å². The summed E-state index contributed by atoms with van der Waals surface area (Å²) >= 11 is 0. The highest BCUT2D eigenvalue weighted by molar-refractivity contribution is 6.76. The Balaban J connectivity index is 0.00000289. The minimum atomic E-state index is -0.830. The summed E-state index contributed by atoms with van der Waals surface area (Å²) in [6, 6.07) is 2.22. The molecule has 2 atom stereocenters. The van der Waals surface area contributed by atoms with Crippen molar-refractivity contribution in [3.8, 4) is 12.3 Å². The zero-order chi connectivity index (χ0) is 12.9. The summed E-state index contributed by atoms with van der Waals surface area (Å²) in [7, 11) is 1.59. The van der Waals surface area contributed by atoms with Gasteiger partial charge in [0, 0.05) is 20.9 Å². The van der Waals surface area contributed by atoms with Crippen LogP contribution in [0.2, 0.25) is 25.7 Å². The Labute approximate surface area is 132 Å². The van der Waals surface area contributed by atoms with Crippen LogP contribution in [0.3, 0.4) is 0 Å². The molecule has 0 aliphatic carbocycles.